The van der Waals surface area contributed by atoms with Crippen LogP contribution in [-0.4, -0.2) is 23.8 Å². The van der Waals surface area contributed by atoms with Crippen molar-refractivity contribution < 1.29 is 9.47 Å². The van der Waals surface area contributed by atoms with Crippen molar-refractivity contribution in [3.63, 3.8) is 0 Å². The Labute approximate surface area is 141 Å². The number of ether oxygens (including phenoxy) is 2. The molecule has 6 heteroatoms. The third-order valence-electron chi connectivity index (χ3n) is 3.57. The minimum atomic E-state index is -0.115. The minimum absolute atomic E-state index is 0.115. The topological polar surface area (TPSA) is 53.4 Å². The lowest BCUT2D eigenvalue weighted by molar-refractivity contribution is 0.355. The highest BCUT2D eigenvalue weighted by atomic mass is 79.9. The summed E-state index contributed by atoms with van der Waals surface area (Å²) in [5.41, 5.74) is 1.48. The molecule has 118 valence electrons. The zero-order valence-corrected chi connectivity index (χ0v) is 14.3. The predicted octanol–water partition coefficient (Wildman–Crippen LogP) is 3.22. The molecule has 2 aromatic carbocycles. The molecule has 0 aliphatic carbocycles. The first-order valence-corrected chi connectivity index (χ1v) is 7.77. The molecule has 0 aliphatic rings. The molecule has 0 aliphatic heterocycles. The van der Waals surface area contributed by atoms with E-state index < -0.39 is 0 Å². The van der Waals surface area contributed by atoms with Gasteiger partial charge < -0.3 is 9.47 Å². The Morgan fingerprint density at radius 1 is 1.13 bits per heavy atom. The van der Waals surface area contributed by atoms with Crippen LogP contribution >= 0.6 is 15.9 Å². The summed E-state index contributed by atoms with van der Waals surface area (Å²) in [5.74, 6) is 1.07. The summed E-state index contributed by atoms with van der Waals surface area (Å²) in [6, 6.07) is 11.2. The van der Waals surface area contributed by atoms with Crippen molar-refractivity contribution in [1.29, 1.82) is 0 Å². The smallest absolute Gasteiger partial charge is 0.261 e. The second-order valence-electron chi connectivity index (χ2n) is 5.03. The number of methoxy groups -OCH3 is 2. The highest BCUT2D eigenvalue weighted by Crippen LogP contribution is 2.29. The van der Waals surface area contributed by atoms with Gasteiger partial charge in [-0.15, -0.1) is 0 Å². The summed E-state index contributed by atoms with van der Waals surface area (Å²) in [6.07, 6.45) is 1.55. The first-order chi connectivity index (χ1) is 11.1. The van der Waals surface area contributed by atoms with Crippen LogP contribution < -0.4 is 15.0 Å². The summed E-state index contributed by atoms with van der Waals surface area (Å²) in [7, 11) is 3.10. The Morgan fingerprint density at radius 2 is 1.87 bits per heavy atom. The molecule has 0 bridgehead atoms. The SMILES string of the molecule is COc1cc2ncn(Cc3cccc(Br)c3)c(=O)c2cc1OC. The van der Waals surface area contributed by atoms with Crippen LogP contribution in [0.25, 0.3) is 10.9 Å². The van der Waals surface area contributed by atoms with E-state index in [9.17, 15) is 4.79 Å². The fourth-order valence-electron chi connectivity index (χ4n) is 2.43. The van der Waals surface area contributed by atoms with E-state index in [1.807, 2.05) is 24.3 Å². The summed E-state index contributed by atoms with van der Waals surface area (Å²) >= 11 is 3.44. The number of aromatic nitrogens is 2. The first kappa shape index (κ1) is 15.6. The maximum absolute atomic E-state index is 12.7. The lowest BCUT2D eigenvalue weighted by Gasteiger charge is -2.10. The summed E-state index contributed by atoms with van der Waals surface area (Å²) < 4.78 is 13.1. The number of halogens is 1. The van der Waals surface area contributed by atoms with Gasteiger partial charge in [0.15, 0.2) is 11.5 Å². The molecule has 0 saturated heterocycles. The maximum Gasteiger partial charge on any atom is 0.261 e. The summed E-state index contributed by atoms with van der Waals surface area (Å²) in [4.78, 5) is 17.1. The molecular formula is C17H15BrN2O3. The van der Waals surface area contributed by atoms with Crippen molar-refractivity contribution in [3.8, 4) is 11.5 Å². The van der Waals surface area contributed by atoms with Crippen molar-refractivity contribution in [2.24, 2.45) is 0 Å². The number of nitrogens with zero attached hydrogens (tertiary/aromatic N) is 2. The van der Waals surface area contributed by atoms with Crippen LogP contribution in [0.15, 0.2) is 52.0 Å². The van der Waals surface area contributed by atoms with E-state index >= 15 is 0 Å². The number of hydrogen-bond donors (Lipinski definition) is 0. The van der Waals surface area contributed by atoms with E-state index in [2.05, 4.69) is 20.9 Å². The highest BCUT2D eigenvalue weighted by Gasteiger charge is 2.11. The van der Waals surface area contributed by atoms with Crippen LogP contribution in [0.5, 0.6) is 11.5 Å². The Balaban J connectivity index is 2.09. The third kappa shape index (κ3) is 3.07. The molecule has 0 saturated carbocycles. The Bertz CT molecular complexity index is 921. The van der Waals surface area contributed by atoms with Crippen molar-refractivity contribution in [1.82, 2.24) is 9.55 Å². The molecule has 0 radical (unpaired) electrons. The molecule has 23 heavy (non-hydrogen) atoms. The van der Waals surface area contributed by atoms with Crippen molar-refractivity contribution >= 4 is 26.8 Å². The van der Waals surface area contributed by atoms with Crippen molar-refractivity contribution in [2.45, 2.75) is 6.54 Å². The molecule has 5 nitrogen and oxygen atoms in total. The average Bonchev–Trinajstić information content (AvgIpc) is 2.56. The van der Waals surface area contributed by atoms with Gasteiger partial charge >= 0.3 is 0 Å². The fourth-order valence-corrected chi connectivity index (χ4v) is 2.88. The zero-order valence-electron chi connectivity index (χ0n) is 12.7. The average molecular weight is 375 g/mol. The molecule has 3 rings (SSSR count). The van der Waals surface area contributed by atoms with Crippen LogP contribution in [0.4, 0.5) is 0 Å². The summed E-state index contributed by atoms with van der Waals surface area (Å²) in [5, 5.41) is 0.500. The second-order valence-corrected chi connectivity index (χ2v) is 5.95. The second kappa shape index (κ2) is 6.42. The molecular weight excluding hydrogens is 360 g/mol. The van der Waals surface area contributed by atoms with Gasteiger partial charge in [0.25, 0.3) is 5.56 Å². The molecule has 1 aromatic heterocycles. The van der Waals surface area contributed by atoms with Crippen molar-refractivity contribution in [3.05, 3.63) is 63.1 Å². The normalized spacial score (nSPS) is 10.7. The van der Waals surface area contributed by atoms with Gasteiger partial charge in [0.1, 0.15) is 0 Å². The van der Waals surface area contributed by atoms with Crippen LogP contribution in [0.3, 0.4) is 0 Å². The number of rotatable bonds is 4. The van der Waals surface area contributed by atoms with Crippen LogP contribution in [0.1, 0.15) is 5.56 Å². The minimum Gasteiger partial charge on any atom is -0.493 e. The molecule has 3 aromatic rings. The highest BCUT2D eigenvalue weighted by molar-refractivity contribution is 9.10. The molecule has 0 atom stereocenters. The number of fused-ring (bicyclic) bond motifs is 1. The fraction of sp³-hybridized carbons (Fsp3) is 0.176. The van der Waals surface area contributed by atoms with Gasteiger partial charge in [-0.25, -0.2) is 4.98 Å². The monoisotopic (exact) mass is 374 g/mol. The van der Waals surface area contributed by atoms with E-state index in [0.29, 0.717) is 28.9 Å². The largest absolute Gasteiger partial charge is 0.493 e. The van der Waals surface area contributed by atoms with E-state index in [1.54, 1.807) is 37.2 Å². The molecule has 0 fully saturated rings. The molecule has 1 heterocycles. The molecule has 0 amide bonds. The predicted molar refractivity (Wildman–Crippen MR) is 92.4 cm³/mol. The zero-order chi connectivity index (χ0) is 16.4. The Morgan fingerprint density at radius 3 is 2.57 bits per heavy atom. The van der Waals surface area contributed by atoms with Gasteiger partial charge in [0, 0.05) is 10.5 Å². The van der Waals surface area contributed by atoms with Crippen LogP contribution in [-0.2, 0) is 6.54 Å². The van der Waals surface area contributed by atoms with Crippen molar-refractivity contribution in [2.75, 3.05) is 14.2 Å². The lowest BCUT2D eigenvalue weighted by Crippen LogP contribution is -2.21. The standard InChI is InChI=1S/C17H15BrN2O3/c1-22-15-7-13-14(8-16(15)23-2)19-10-20(17(13)21)9-11-4-3-5-12(18)6-11/h3-8,10H,9H2,1-2H3. The first-order valence-electron chi connectivity index (χ1n) is 6.98. The van der Waals surface area contributed by atoms with Gasteiger partial charge in [-0.2, -0.15) is 0 Å². The maximum atomic E-state index is 12.7. The van der Waals surface area contributed by atoms with Crippen LogP contribution in [0.2, 0.25) is 0 Å². The lowest BCUT2D eigenvalue weighted by atomic mass is 10.2. The molecule has 0 N–H and O–H groups in total. The van der Waals surface area contributed by atoms with E-state index in [1.165, 1.54) is 0 Å². The third-order valence-corrected chi connectivity index (χ3v) is 4.06. The van der Waals surface area contributed by atoms with E-state index in [0.717, 1.165) is 10.0 Å². The van der Waals surface area contributed by atoms with Gasteiger partial charge in [0.2, 0.25) is 0 Å². The molecule has 0 spiro atoms. The molecule has 0 unspecified atom stereocenters. The quantitative estimate of drug-likeness (QED) is 0.703. The van der Waals surface area contributed by atoms with Gasteiger partial charge in [-0.05, 0) is 23.8 Å². The van der Waals surface area contributed by atoms with Gasteiger partial charge in [0.05, 0.1) is 38.0 Å². The Hall–Kier alpha value is -2.34. The van der Waals surface area contributed by atoms with Crippen LogP contribution in [0, 0.1) is 0 Å². The van der Waals surface area contributed by atoms with Gasteiger partial charge in [-0.3, -0.25) is 9.36 Å². The number of benzene rings is 2. The van der Waals surface area contributed by atoms with E-state index in [-0.39, 0.29) is 5.56 Å². The van der Waals surface area contributed by atoms with Gasteiger partial charge in [-0.1, -0.05) is 28.1 Å². The Kier molecular flexibility index (Phi) is 4.34. The summed E-state index contributed by atoms with van der Waals surface area (Å²) in [6.45, 7) is 0.454. The number of hydrogen-bond acceptors (Lipinski definition) is 4. The van der Waals surface area contributed by atoms with E-state index in [4.69, 9.17) is 9.47 Å².